The number of imidazole rings is 1. The van der Waals surface area contributed by atoms with E-state index >= 15 is 0 Å². The van der Waals surface area contributed by atoms with Crippen LogP contribution in [0.2, 0.25) is 0 Å². The summed E-state index contributed by atoms with van der Waals surface area (Å²) in [6.07, 6.45) is -0.784. The zero-order valence-corrected chi connectivity index (χ0v) is 17.0. The number of rotatable bonds is 5. The van der Waals surface area contributed by atoms with Gasteiger partial charge in [-0.05, 0) is 24.6 Å². The Morgan fingerprint density at radius 2 is 2.23 bits per heavy atom. The number of hydrogen-bond acceptors (Lipinski definition) is 6. The molecule has 3 atom stereocenters. The fourth-order valence-corrected chi connectivity index (χ4v) is 4.16. The molecular weight excluding hydrogens is 396 g/mol. The van der Waals surface area contributed by atoms with Crippen LogP contribution in [0, 0.1) is 5.82 Å². The third kappa shape index (κ3) is 4.12. The molecule has 0 unspecified atom stereocenters. The summed E-state index contributed by atoms with van der Waals surface area (Å²) in [5.74, 6) is -0.0388. The van der Waals surface area contributed by atoms with Gasteiger partial charge in [0, 0.05) is 26.7 Å². The predicted octanol–water partition coefficient (Wildman–Crippen LogP) is 0.925. The number of halogens is 2. The van der Waals surface area contributed by atoms with Crippen molar-refractivity contribution in [1.29, 1.82) is 0 Å². The van der Waals surface area contributed by atoms with Gasteiger partial charge in [0.15, 0.2) is 0 Å². The van der Waals surface area contributed by atoms with Gasteiger partial charge in [0.1, 0.15) is 18.5 Å². The lowest BCUT2D eigenvalue weighted by Crippen LogP contribution is -2.52. The molecule has 1 aromatic carbocycles. The van der Waals surface area contributed by atoms with Gasteiger partial charge < -0.3 is 29.6 Å². The molecule has 0 spiro atoms. The van der Waals surface area contributed by atoms with E-state index in [4.69, 9.17) is 15.2 Å². The van der Waals surface area contributed by atoms with Gasteiger partial charge in [-0.25, -0.2) is 13.8 Å². The van der Waals surface area contributed by atoms with Crippen LogP contribution in [0.4, 0.5) is 14.7 Å². The molecule has 2 N–H and O–H groups in total. The highest BCUT2D eigenvalue weighted by Crippen LogP contribution is 2.27. The number of morpholine rings is 1. The number of piperidine rings is 1. The maximum Gasteiger partial charge on any atom is 0.243 e. The Kier molecular flexibility index (Phi) is 6.16. The molecule has 0 bridgehead atoms. The van der Waals surface area contributed by atoms with E-state index < -0.39 is 18.0 Å². The number of nitrogens with two attached hydrogens (primary N) is 1. The standard InChI is InChI=1S/C20H27F2N5O3/c1-29-11-14-12-30-7-6-26(14)19(28)10-27-18-8-13(21)2-3-17(18)24-20(27)25-5-4-15(22)16(23)9-25/h2-3,8,14-16H,4-7,9-12,23H2,1H3/t14-,15-,16-/m1/s1. The molecule has 1 aromatic heterocycles. The number of carbonyl (C=O) groups is 1. The number of nitrogens with zero attached hydrogens (tertiary/aromatic N) is 4. The average molecular weight is 423 g/mol. The van der Waals surface area contributed by atoms with Gasteiger partial charge in [-0.15, -0.1) is 0 Å². The van der Waals surface area contributed by atoms with Crippen LogP contribution in [-0.4, -0.2) is 85.2 Å². The van der Waals surface area contributed by atoms with Crippen molar-refractivity contribution in [2.45, 2.75) is 31.2 Å². The van der Waals surface area contributed by atoms with Gasteiger partial charge in [0.2, 0.25) is 11.9 Å². The van der Waals surface area contributed by atoms with Crippen LogP contribution in [0.25, 0.3) is 11.0 Å². The molecule has 2 saturated heterocycles. The first-order chi connectivity index (χ1) is 14.5. The Bertz CT molecular complexity index is 906. The number of methoxy groups -OCH3 is 1. The van der Waals surface area contributed by atoms with Crippen molar-refractivity contribution in [2.75, 3.05) is 51.5 Å². The Morgan fingerprint density at radius 3 is 3.00 bits per heavy atom. The van der Waals surface area contributed by atoms with Crippen molar-refractivity contribution in [2.24, 2.45) is 5.73 Å². The lowest BCUT2D eigenvalue weighted by molar-refractivity contribution is -0.142. The average Bonchev–Trinajstić information content (AvgIpc) is 3.08. The summed E-state index contributed by atoms with van der Waals surface area (Å²) in [5, 5.41) is 0. The predicted molar refractivity (Wildman–Crippen MR) is 108 cm³/mol. The molecule has 3 heterocycles. The number of fused-ring (bicyclic) bond motifs is 1. The van der Waals surface area contributed by atoms with E-state index in [1.165, 1.54) is 12.1 Å². The SMILES string of the molecule is COC[C@@H]1COCCN1C(=O)Cn1c(N2CC[C@@H](F)[C@H](N)C2)nc2ccc(F)cc21. The van der Waals surface area contributed by atoms with E-state index in [2.05, 4.69) is 4.98 Å². The maximum absolute atomic E-state index is 14.0. The Morgan fingerprint density at radius 1 is 1.40 bits per heavy atom. The van der Waals surface area contributed by atoms with E-state index in [9.17, 15) is 13.6 Å². The summed E-state index contributed by atoms with van der Waals surface area (Å²) in [6.45, 7) is 2.39. The number of carbonyl (C=O) groups excluding carboxylic acids is 1. The fourth-order valence-electron chi connectivity index (χ4n) is 4.16. The van der Waals surface area contributed by atoms with E-state index in [0.717, 1.165) is 0 Å². The maximum atomic E-state index is 14.0. The molecule has 30 heavy (non-hydrogen) atoms. The van der Waals surface area contributed by atoms with Crippen molar-refractivity contribution in [3.8, 4) is 0 Å². The van der Waals surface area contributed by atoms with Crippen molar-refractivity contribution in [1.82, 2.24) is 14.5 Å². The highest BCUT2D eigenvalue weighted by Gasteiger charge is 2.32. The van der Waals surface area contributed by atoms with Gasteiger partial charge in [0.05, 0.1) is 42.9 Å². The molecular formula is C20H27F2N5O3. The normalized spacial score (nSPS) is 25.1. The molecule has 0 aliphatic carbocycles. The second kappa shape index (κ2) is 8.83. The molecule has 1 amide bonds. The van der Waals surface area contributed by atoms with E-state index in [1.807, 2.05) is 4.90 Å². The minimum atomic E-state index is -1.07. The molecule has 2 aliphatic heterocycles. The first kappa shape index (κ1) is 21.0. The number of anilines is 1. The third-order valence-corrected chi connectivity index (χ3v) is 5.74. The minimum Gasteiger partial charge on any atom is -0.382 e. The molecule has 2 fully saturated rings. The van der Waals surface area contributed by atoms with Crippen LogP contribution in [0.3, 0.4) is 0 Å². The van der Waals surface area contributed by atoms with Crippen molar-refractivity contribution >= 4 is 22.9 Å². The first-order valence-corrected chi connectivity index (χ1v) is 10.1. The first-order valence-electron chi connectivity index (χ1n) is 10.1. The minimum absolute atomic E-state index is 0.0136. The number of alkyl halides is 1. The van der Waals surface area contributed by atoms with Gasteiger partial charge in [0.25, 0.3) is 0 Å². The van der Waals surface area contributed by atoms with Gasteiger partial charge in [-0.1, -0.05) is 0 Å². The molecule has 10 heteroatoms. The van der Waals surface area contributed by atoms with Gasteiger partial charge in [-0.2, -0.15) is 0 Å². The number of amides is 1. The highest BCUT2D eigenvalue weighted by molar-refractivity contribution is 5.83. The van der Waals surface area contributed by atoms with Crippen molar-refractivity contribution < 1.29 is 23.0 Å². The Hall–Kier alpha value is -2.30. The van der Waals surface area contributed by atoms with Crippen molar-refractivity contribution in [3.05, 3.63) is 24.0 Å². The van der Waals surface area contributed by atoms with Crippen molar-refractivity contribution in [3.63, 3.8) is 0 Å². The zero-order chi connectivity index (χ0) is 21.3. The monoisotopic (exact) mass is 423 g/mol. The molecule has 2 aromatic rings. The number of aromatic nitrogens is 2. The number of ether oxygens (including phenoxy) is 2. The lowest BCUT2D eigenvalue weighted by Gasteiger charge is -2.36. The smallest absolute Gasteiger partial charge is 0.243 e. The summed E-state index contributed by atoms with van der Waals surface area (Å²) in [7, 11) is 1.58. The van der Waals surface area contributed by atoms with Crippen LogP contribution in [0.5, 0.6) is 0 Å². The second-order valence-corrected chi connectivity index (χ2v) is 7.82. The molecule has 0 saturated carbocycles. The summed E-state index contributed by atoms with van der Waals surface area (Å²) in [6, 6.07) is 3.47. The largest absolute Gasteiger partial charge is 0.382 e. The van der Waals surface area contributed by atoms with Crippen LogP contribution in [0.15, 0.2) is 18.2 Å². The lowest BCUT2D eigenvalue weighted by atomic mass is 10.1. The highest BCUT2D eigenvalue weighted by atomic mass is 19.1. The number of hydrogen-bond donors (Lipinski definition) is 1. The second-order valence-electron chi connectivity index (χ2n) is 7.82. The van der Waals surface area contributed by atoms with Gasteiger partial charge >= 0.3 is 0 Å². The van der Waals surface area contributed by atoms with Crippen LogP contribution >= 0.6 is 0 Å². The molecule has 4 rings (SSSR count). The van der Waals surface area contributed by atoms with E-state index in [1.54, 1.807) is 22.6 Å². The number of benzene rings is 1. The molecule has 164 valence electrons. The Balaban J connectivity index is 1.66. The van der Waals surface area contributed by atoms with E-state index in [-0.39, 0.29) is 31.5 Å². The van der Waals surface area contributed by atoms with Crippen LogP contribution < -0.4 is 10.6 Å². The Labute approximate surface area is 173 Å². The molecule has 0 radical (unpaired) electrons. The fraction of sp³-hybridized carbons (Fsp3) is 0.600. The molecule has 8 nitrogen and oxygen atoms in total. The summed E-state index contributed by atoms with van der Waals surface area (Å²) >= 11 is 0. The summed E-state index contributed by atoms with van der Waals surface area (Å²) in [4.78, 5) is 21.4. The molecule has 2 aliphatic rings. The quantitative estimate of drug-likeness (QED) is 0.770. The topological polar surface area (TPSA) is 85.9 Å². The zero-order valence-electron chi connectivity index (χ0n) is 17.0. The van der Waals surface area contributed by atoms with Crippen LogP contribution in [0.1, 0.15) is 6.42 Å². The van der Waals surface area contributed by atoms with E-state index in [0.29, 0.717) is 49.9 Å². The summed E-state index contributed by atoms with van der Waals surface area (Å²) < 4.78 is 40.3. The van der Waals surface area contributed by atoms with Crippen LogP contribution in [-0.2, 0) is 20.8 Å². The third-order valence-electron chi connectivity index (χ3n) is 5.74. The summed E-state index contributed by atoms with van der Waals surface area (Å²) in [5.41, 5.74) is 7.02. The van der Waals surface area contributed by atoms with Gasteiger partial charge in [-0.3, -0.25) is 4.79 Å².